The SMILES string of the molecule is CC1Cc2ccccc2N1S(=O)(=O)c1ccc(N2CCCCC2=O)cc1. The third-order valence-electron chi connectivity index (χ3n) is 5.17. The third kappa shape index (κ3) is 2.78. The van der Waals surface area contributed by atoms with Gasteiger partial charge in [0.2, 0.25) is 5.91 Å². The highest BCUT2D eigenvalue weighted by Crippen LogP contribution is 2.36. The molecule has 2 heterocycles. The summed E-state index contributed by atoms with van der Waals surface area (Å²) >= 11 is 0. The van der Waals surface area contributed by atoms with E-state index in [0.29, 0.717) is 13.0 Å². The van der Waals surface area contributed by atoms with Gasteiger partial charge in [-0.05, 0) is 62.1 Å². The van der Waals surface area contributed by atoms with Crippen molar-refractivity contribution < 1.29 is 13.2 Å². The summed E-state index contributed by atoms with van der Waals surface area (Å²) < 4.78 is 27.9. The molecule has 0 aliphatic carbocycles. The van der Waals surface area contributed by atoms with Gasteiger partial charge < -0.3 is 4.90 Å². The predicted molar refractivity (Wildman–Crippen MR) is 102 cm³/mol. The first-order valence-corrected chi connectivity index (χ1v) is 10.5. The quantitative estimate of drug-likeness (QED) is 0.833. The number of nitrogens with zero attached hydrogens (tertiary/aromatic N) is 2. The maximum absolute atomic E-state index is 13.2. The minimum Gasteiger partial charge on any atom is -0.312 e. The van der Waals surface area contributed by atoms with Gasteiger partial charge in [-0.25, -0.2) is 8.42 Å². The van der Waals surface area contributed by atoms with Gasteiger partial charge in [0.05, 0.1) is 10.6 Å². The van der Waals surface area contributed by atoms with Crippen LogP contribution in [-0.4, -0.2) is 26.9 Å². The lowest BCUT2D eigenvalue weighted by Crippen LogP contribution is -2.36. The Hall–Kier alpha value is -2.34. The Morgan fingerprint density at radius 3 is 2.46 bits per heavy atom. The van der Waals surface area contributed by atoms with Crippen molar-refractivity contribution in [3.05, 3.63) is 54.1 Å². The van der Waals surface area contributed by atoms with Crippen molar-refractivity contribution in [2.45, 2.75) is 43.5 Å². The number of hydrogen-bond acceptors (Lipinski definition) is 3. The topological polar surface area (TPSA) is 57.7 Å². The number of piperidine rings is 1. The molecule has 0 N–H and O–H groups in total. The molecule has 0 saturated carbocycles. The van der Waals surface area contributed by atoms with Crippen molar-refractivity contribution in [1.82, 2.24) is 0 Å². The largest absolute Gasteiger partial charge is 0.312 e. The summed E-state index contributed by atoms with van der Waals surface area (Å²) in [7, 11) is -3.63. The molecule has 26 heavy (non-hydrogen) atoms. The van der Waals surface area contributed by atoms with Crippen molar-refractivity contribution in [3.63, 3.8) is 0 Å². The zero-order chi connectivity index (χ0) is 18.3. The lowest BCUT2D eigenvalue weighted by atomic mass is 10.1. The fraction of sp³-hybridized carbons (Fsp3) is 0.350. The van der Waals surface area contributed by atoms with Gasteiger partial charge in [-0.2, -0.15) is 0 Å². The molecule has 6 heteroatoms. The lowest BCUT2D eigenvalue weighted by Gasteiger charge is -2.27. The second kappa shape index (κ2) is 6.43. The van der Waals surface area contributed by atoms with E-state index in [4.69, 9.17) is 0 Å². The maximum Gasteiger partial charge on any atom is 0.264 e. The Morgan fingerprint density at radius 1 is 1.00 bits per heavy atom. The van der Waals surface area contributed by atoms with Gasteiger partial charge in [-0.3, -0.25) is 9.10 Å². The summed E-state index contributed by atoms with van der Waals surface area (Å²) in [6.45, 7) is 2.62. The van der Waals surface area contributed by atoms with Crippen molar-refractivity contribution in [1.29, 1.82) is 0 Å². The highest BCUT2D eigenvalue weighted by molar-refractivity contribution is 7.92. The van der Waals surface area contributed by atoms with Crippen molar-refractivity contribution >= 4 is 27.3 Å². The molecule has 0 bridgehead atoms. The van der Waals surface area contributed by atoms with E-state index in [9.17, 15) is 13.2 Å². The number of sulfonamides is 1. The monoisotopic (exact) mass is 370 g/mol. The van der Waals surface area contributed by atoms with Crippen LogP contribution >= 0.6 is 0 Å². The Morgan fingerprint density at radius 2 is 1.73 bits per heavy atom. The van der Waals surface area contributed by atoms with Crippen molar-refractivity contribution in [2.24, 2.45) is 0 Å². The number of hydrogen-bond donors (Lipinski definition) is 0. The van der Waals surface area contributed by atoms with Crippen LogP contribution in [0.25, 0.3) is 0 Å². The van der Waals surface area contributed by atoms with Crippen molar-refractivity contribution in [2.75, 3.05) is 15.7 Å². The van der Waals surface area contributed by atoms with Gasteiger partial charge in [0.25, 0.3) is 10.0 Å². The molecule has 2 aliphatic rings. The van der Waals surface area contributed by atoms with E-state index >= 15 is 0 Å². The molecule has 0 aromatic heterocycles. The fourth-order valence-corrected chi connectivity index (χ4v) is 5.59. The number of para-hydroxylation sites is 1. The molecule has 136 valence electrons. The van der Waals surface area contributed by atoms with E-state index in [2.05, 4.69) is 0 Å². The summed E-state index contributed by atoms with van der Waals surface area (Å²) in [6.07, 6.45) is 3.18. The van der Waals surface area contributed by atoms with Gasteiger partial charge in [-0.1, -0.05) is 18.2 Å². The second-order valence-corrected chi connectivity index (χ2v) is 8.79. The van der Waals surface area contributed by atoms with E-state index < -0.39 is 10.0 Å². The van der Waals surface area contributed by atoms with Gasteiger partial charge >= 0.3 is 0 Å². The van der Waals surface area contributed by atoms with Gasteiger partial charge in [-0.15, -0.1) is 0 Å². The van der Waals surface area contributed by atoms with Gasteiger partial charge in [0, 0.05) is 24.7 Å². The van der Waals surface area contributed by atoms with E-state index in [0.717, 1.165) is 36.2 Å². The molecule has 2 aromatic rings. The van der Waals surface area contributed by atoms with E-state index in [1.807, 2.05) is 31.2 Å². The van der Waals surface area contributed by atoms with Crippen molar-refractivity contribution in [3.8, 4) is 0 Å². The summed E-state index contributed by atoms with van der Waals surface area (Å²) in [5.41, 5.74) is 2.58. The highest BCUT2D eigenvalue weighted by atomic mass is 32.2. The summed E-state index contributed by atoms with van der Waals surface area (Å²) in [5, 5.41) is 0. The normalized spacial score (nSPS) is 20.3. The Balaban J connectivity index is 1.66. The summed E-state index contributed by atoms with van der Waals surface area (Å²) in [6, 6.07) is 14.2. The van der Waals surface area contributed by atoms with E-state index in [1.54, 1.807) is 29.2 Å². The van der Waals surface area contributed by atoms with Gasteiger partial charge in [0.15, 0.2) is 0 Å². The number of fused-ring (bicyclic) bond motifs is 1. The molecule has 1 saturated heterocycles. The molecule has 4 rings (SSSR count). The zero-order valence-electron chi connectivity index (χ0n) is 14.8. The molecule has 5 nitrogen and oxygen atoms in total. The van der Waals surface area contributed by atoms with Crippen LogP contribution in [0.5, 0.6) is 0 Å². The molecule has 1 fully saturated rings. The molecule has 0 radical (unpaired) electrons. The van der Waals surface area contributed by atoms with Gasteiger partial charge in [0.1, 0.15) is 0 Å². The molecule has 0 spiro atoms. The average molecular weight is 370 g/mol. The molecule has 1 amide bonds. The first-order valence-electron chi connectivity index (χ1n) is 9.01. The zero-order valence-corrected chi connectivity index (χ0v) is 15.6. The highest BCUT2D eigenvalue weighted by Gasteiger charge is 2.35. The van der Waals surface area contributed by atoms with Crippen LogP contribution in [0, 0.1) is 0 Å². The van der Waals surface area contributed by atoms with Crippen LogP contribution in [-0.2, 0) is 21.2 Å². The molecular formula is C20H22N2O3S. The number of benzene rings is 2. The summed E-state index contributed by atoms with van der Waals surface area (Å²) in [4.78, 5) is 14.1. The second-order valence-electron chi connectivity index (χ2n) is 6.98. The average Bonchev–Trinajstić information content (AvgIpc) is 2.98. The predicted octanol–water partition coefficient (Wildman–Crippen LogP) is 3.34. The van der Waals surface area contributed by atoms with Crippen LogP contribution < -0.4 is 9.21 Å². The smallest absolute Gasteiger partial charge is 0.264 e. The maximum atomic E-state index is 13.2. The first-order chi connectivity index (χ1) is 12.5. The minimum absolute atomic E-state index is 0.106. The lowest BCUT2D eigenvalue weighted by molar-refractivity contribution is -0.119. The molecular weight excluding hydrogens is 348 g/mol. The number of carbonyl (C=O) groups is 1. The number of rotatable bonds is 3. The number of carbonyl (C=O) groups excluding carboxylic acids is 1. The molecule has 2 aliphatic heterocycles. The van der Waals surface area contributed by atoms with E-state index in [-0.39, 0.29) is 16.8 Å². The third-order valence-corrected chi connectivity index (χ3v) is 7.12. The Labute approximate surface area is 154 Å². The standard InChI is InChI=1S/C20H22N2O3S/c1-15-14-16-6-2-3-7-19(16)22(15)26(24,25)18-11-9-17(10-12-18)21-13-5-4-8-20(21)23/h2-3,6-7,9-12,15H,4-5,8,13-14H2,1H3. The number of amides is 1. The fourth-order valence-electron chi connectivity index (χ4n) is 3.89. The summed E-state index contributed by atoms with van der Waals surface area (Å²) in [5.74, 6) is 0.106. The number of anilines is 2. The van der Waals surface area contributed by atoms with Crippen LogP contribution in [0.2, 0.25) is 0 Å². The minimum atomic E-state index is -3.63. The van der Waals surface area contributed by atoms with Crippen LogP contribution in [0.4, 0.5) is 11.4 Å². The van der Waals surface area contributed by atoms with Crippen LogP contribution in [0.3, 0.4) is 0 Å². The van der Waals surface area contributed by atoms with Crippen LogP contribution in [0.1, 0.15) is 31.7 Å². The molecule has 2 aromatic carbocycles. The van der Waals surface area contributed by atoms with Crippen LogP contribution in [0.15, 0.2) is 53.4 Å². The van der Waals surface area contributed by atoms with E-state index in [1.165, 1.54) is 4.31 Å². The molecule has 1 unspecified atom stereocenters. The Kier molecular flexibility index (Phi) is 4.23. The Bertz CT molecular complexity index is 938. The molecule has 1 atom stereocenters. The first kappa shape index (κ1) is 17.1.